The number of nitrogens with zero attached hydrogens (tertiary/aromatic N) is 2. The molecule has 1 aromatic heterocycles. The lowest BCUT2D eigenvalue weighted by Gasteiger charge is -2.19. The van der Waals surface area contributed by atoms with Crippen molar-refractivity contribution >= 4 is 0 Å². The van der Waals surface area contributed by atoms with Crippen LogP contribution >= 0.6 is 0 Å². The zero-order chi connectivity index (χ0) is 16.8. The quantitative estimate of drug-likeness (QED) is 0.774. The molecule has 0 amide bonds. The third-order valence-corrected chi connectivity index (χ3v) is 3.80. The third-order valence-electron chi connectivity index (χ3n) is 3.80. The molecule has 0 fully saturated rings. The van der Waals surface area contributed by atoms with Crippen molar-refractivity contribution in [3.05, 3.63) is 101 Å². The van der Waals surface area contributed by atoms with E-state index in [4.69, 9.17) is 5.26 Å². The molecule has 118 valence electrons. The minimum Gasteiger partial charge on any atom is -0.301 e. The van der Waals surface area contributed by atoms with Gasteiger partial charge in [0.25, 0.3) is 0 Å². The first-order valence-corrected chi connectivity index (χ1v) is 7.65. The van der Waals surface area contributed by atoms with E-state index in [1.54, 1.807) is 18.3 Å². The highest BCUT2D eigenvalue weighted by Crippen LogP contribution is 2.21. The maximum atomic E-state index is 14.1. The van der Waals surface area contributed by atoms with Gasteiger partial charge in [-0.3, -0.25) is 4.98 Å². The van der Waals surface area contributed by atoms with Crippen LogP contribution in [0, 0.1) is 17.1 Å². The van der Waals surface area contributed by atoms with Gasteiger partial charge in [0.2, 0.25) is 0 Å². The van der Waals surface area contributed by atoms with E-state index in [-0.39, 0.29) is 11.9 Å². The standard InChI is InChI=1S/C20H16FN3/c21-18-12-15(13-22)9-10-17(18)14-24-20(16-6-2-1-3-7-16)19-8-4-5-11-23-19/h1-12,20,24H,14H2. The van der Waals surface area contributed by atoms with Gasteiger partial charge in [-0.2, -0.15) is 5.26 Å². The van der Waals surface area contributed by atoms with Gasteiger partial charge in [-0.1, -0.05) is 42.5 Å². The van der Waals surface area contributed by atoms with Crippen molar-refractivity contribution in [2.45, 2.75) is 12.6 Å². The average molecular weight is 317 g/mol. The van der Waals surface area contributed by atoms with E-state index in [0.29, 0.717) is 17.7 Å². The maximum Gasteiger partial charge on any atom is 0.129 e. The van der Waals surface area contributed by atoms with Crippen LogP contribution in [-0.4, -0.2) is 4.98 Å². The Bertz CT molecular complexity index is 802. The molecule has 3 aromatic rings. The minimum atomic E-state index is -0.380. The molecule has 0 aliphatic carbocycles. The van der Waals surface area contributed by atoms with Gasteiger partial charge in [0, 0.05) is 18.3 Å². The van der Waals surface area contributed by atoms with Crippen LogP contribution in [0.3, 0.4) is 0 Å². The van der Waals surface area contributed by atoms with E-state index in [0.717, 1.165) is 11.3 Å². The summed E-state index contributed by atoms with van der Waals surface area (Å²) in [6, 6.07) is 22.0. The smallest absolute Gasteiger partial charge is 0.129 e. The summed E-state index contributed by atoms with van der Waals surface area (Å²) in [5.41, 5.74) is 2.77. The number of hydrogen-bond acceptors (Lipinski definition) is 3. The molecule has 3 nitrogen and oxygen atoms in total. The number of hydrogen-bond donors (Lipinski definition) is 1. The number of rotatable bonds is 5. The van der Waals surface area contributed by atoms with Gasteiger partial charge in [-0.25, -0.2) is 4.39 Å². The van der Waals surface area contributed by atoms with Crippen LogP contribution < -0.4 is 5.32 Å². The fraction of sp³-hybridized carbons (Fsp3) is 0.100. The van der Waals surface area contributed by atoms with E-state index in [1.165, 1.54) is 6.07 Å². The lowest BCUT2D eigenvalue weighted by atomic mass is 10.0. The normalized spacial score (nSPS) is 11.7. The van der Waals surface area contributed by atoms with Gasteiger partial charge < -0.3 is 5.32 Å². The molecule has 1 unspecified atom stereocenters. The maximum absolute atomic E-state index is 14.1. The summed E-state index contributed by atoms with van der Waals surface area (Å²) < 4.78 is 14.1. The molecule has 0 aliphatic heterocycles. The highest BCUT2D eigenvalue weighted by molar-refractivity contribution is 5.33. The summed E-state index contributed by atoms with van der Waals surface area (Å²) in [6.45, 7) is 0.341. The first-order valence-electron chi connectivity index (χ1n) is 7.65. The summed E-state index contributed by atoms with van der Waals surface area (Å²) in [5.74, 6) is -0.380. The lowest BCUT2D eigenvalue weighted by Crippen LogP contribution is -2.23. The van der Waals surface area contributed by atoms with Gasteiger partial charge in [-0.05, 0) is 29.8 Å². The van der Waals surface area contributed by atoms with Gasteiger partial charge in [-0.15, -0.1) is 0 Å². The number of nitrogens with one attached hydrogen (secondary N) is 1. The molecule has 1 N–H and O–H groups in total. The molecule has 0 bridgehead atoms. The molecule has 0 aliphatic rings. The summed E-state index contributed by atoms with van der Waals surface area (Å²) >= 11 is 0. The van der Waals surface area contributed by atoms with Crippen LogP contribution in [0.4, 0.5) is 4.39 Å². The van der Waals surface area contributed by atoms with Gasteiger partial charge in [0.05, 0.1) is 23.4 Å². The second kappa shape index (κ2) is 7.49. The van der Waals surface area contributed by atoms with Crippen LogP contribution in [0.1, 0.15) is 28.4 Å². The second-order valence-electron chi connectivity index (χ2n) is 5.40. The highest BCUT2D eigenvalue weighted by Gasteiger charge is 2.15. The SMILES string of the molecule is N#Cc1ccc(CNC(c2ccccc2)c2ccccn2)c(F)c1. The zero-order valence-corrected chi connectivity index (χ0v) is 13.0. The number of pyridine rings is 1. The Morgan fingerprint density at radius 2 is 1.83 bits per heavy atom. The second-order valence-corrected chi connectivity index (χ2v) is 5.40. The van der Waals surface area contributed by atoms with E-state index in [9.17, 15) is 4.39 Å². The fourth-order valence-electron chi connectivity index (χ4n) is 2.56. The summed E-state index contributed by atoms with van der Waals surface area (Å²) in [4.78, 5) is 4.42. The lowest BCUT2D eigenvalue weighted by molar-refractivity contribution is 0.554. The molecule has 1 heterocycles. The molecular weight excluding hydrogens is 301 g/mol. The van der Waals surface area contributed by atoms with Crippen molar-refractivity contribution in [3.8, 4) is 6.07 Å². The number of halogens is 1. The van der Waals surface area contributed by atoms with E-state index < -0.39 is 0 Å². The molecule has 3 rings (SSSR count). The predicted octanol–water partition coefficient (Wildman–Crippen LogP) is 3.97. The molecule has 0 spiro atoms. The Kier molecular flexibility index (Phi) is 4.95. The van der Waals surface area contributed by atoms with Crippen LogP contribution in [0.15, 0.2) is 72.9 Å². The Hall–Kier alpha value is -3.03. The van der Waals surface area contributed by atoms with Gasteiger partial charge in [0.15, 0.2) is 0 Å². The first kappa shape index (κ1) is 15.9. The van der Waals surface area contributed by atoms with Crippen molar-refractivity contribution in [3.63, 3.8) is 0 Å². The number of benzene rings is 2. The molecule has 2 aromatic carbocycles. The summed E-state index contributed by atoms with van der Waals surface area (Å²) in [7, 11) is 0. The first-order chi connectivity index (χ1) is 11.8. The van der Waals surface area contributed by atoms with Crippen molar-refractivity contribution in [2.24, 2.45) is 0 Å². The fourth-order valence-corrected chi connectivity index (χ4v) is 2.56. The molecule has 4 heteroatoms. The van der Waals surface area contributed by atoms with E-state index in [2.05, 4.69) is 10.3 Å². The monoisotopic (exact) mass is 317 g/mol. The van der Waals surface area contributed by atoms with Crippen LogP contribution in [0.2, 0.25) is 0 Å². The van der Waals surface area contributed by atoms with Crippen molar-refractivity contribution in [2.75, 3.05) is 0 Å². The van der Waals surface area contributed by atoms with E-state index in [1.807, 2.05) is 54.6 Å². The summed E-state index contributed by atoms with van der Waals surface area (Å²) in [5, 5.41) is 12.2. The molecule has 24 heavy (non-hydrogen) atoms. The highest BCUT2D eigenvalue weighted by atomic mass is 19.1. The Morgan fingerprint density at radius 1 is 1.04 bits per heavy atom. The van der Waals surface area contributed by atoms with Crippen molar-refractivity contribution in [1.29, 1.82) is 5.26 Å². The molecular formula is C20H16FN3. The number of aromatic nitrogens is 1. The largest absolute Gasteiger partial charge is 0.301 e. The minimum absolute atomic E-state index is 0.137. The van der Waals surface area contributed by atoms with Crippen LogP contribution in [-0.2, 0) is 6.54 Å². The summed E-state index contributed by atoms with van der Waals surface area (Å²) in [6.07, 6.45) is 1.75. The Labute approximate surface area is 140 Å². The van der Waals surface area contributed by atoms with Gasteiger partial charge in [0.1, 0.15) is 5.82 Å². The Morgan fingerprint density at radius 3 is 2.50 bits per heavy atom. The average Bonchev–Trinajstić information content (AvgIpc) is 2.65. The van der Waals surface area contributed by atoms with Gasteiger partial charge >= 0.3 is 0 Å². The molecule has 0 saturated heterocycles. The van der Waals surface area contributed by atoms with E-state index >= 15 is 0 Å². The predicted molar refractivity (Wildman–Crippen MR) is 90.5 cm³/mol. The van der Waals surface area contributed by atoms with Crippen LogP contribution in [0.5, 0.6) is 0 Å². The third kappa shape index (κ3) is 3.65. The van der Waals surface area contributed by atoms with Crippen LogP contribution in [0.25, 0.3) is 0 Å². The topological polar surface area (TPSA) is 48.7 Å². The molecule has 1 atom stereocenters. The number of nitriles is 1. The zero-order valence-electron chi connectivity index (χ0n) is 13.0. The molecule has 0 saturated carbocycles. The molecule has 0 radical (unpaired) electrons. The van der Waals surface area contributed by atoms with Crippen molar-refractivity contribution in [1.82, 2.24) is 10.3 Å². The Balaban J connectivity index is 1.84. The van der Waals surface area contributed by atoms with Crippen molar-refractivity contribution < 1.29 is 4.39 Å².